The zero-order valence-corrected chi connectivity index (χ0v) is 10.7. The first-order valence-electron chi connectivity index (χ1n) is 5.73. The van der Waals surface area contributed by atoms with Crippen LogP contribution in [0.2, 0.25) is 0 Å². The summed E-state index contributed by atoms with van der Waals surface area (Å²) in [4.78, 5) is 0.982. The van der Waals surface area contributed by atoms with Crippen LogP contribution in [0.5, 0.6) is 0 Å². The molecule has 0 amide bonds. The van der Waals surface area contributed by atoms with E-state index in [0.717, 1.165) is 4.88 Å². The van der Waals surface area contributed by atoms with E-state index in [4.69, 9.17) is 0 Å². The Morgan fingerprint density at radius 1 is 1.35 bits per heavy atom. The first kappa shape index (κ1) is 12.9. The predicted molar refractivity (Wildman–Crippen MR) is 63.1 cm³/mol. The minimum Gasteiger partial charge on any atom is -0.296 e. The Morgan fingerprint density at radius 2 is 2.00 bits per heavy atom. The number of alkyl halides is 3. The number of rotatable bonds is 4. The summed E-state index contributed by atoms with van der Waals surface area (Å²) in [6.07, 6.45) is -3.74. The van der Waals surface area contributed by atoms with Gasteiger partial charge in [0.05, 0.1) is 0 Å². The average Bonchev–Trinajstić information content (AvgIpc) is 2.82. The highest BCUT2D eigenvalue weighted by Gasteiger charge is 2.64. The second-order valence-electron chi connectivity index (χ2n) is 4.96. The molecule has 0 bridgehead atoms. The van der Waals surface area contributed by atoms with Gasteiger partial charge in [-0.25, -0.2) is 0 Å². The lowest BCUT2D eigenvalue weighted by atomic mass is 10.0. The molecule has 0 aromatic carbocycles. The Balaban J connectivity index is 2.15. The highest BCUT2D eigenvalue weighted by atomic mass is 32.1. The van der Waals surface area contributed by atoms with Crippen molar-refractivity contribution in [2.75, 3.05) is 0 Å². The molecule has 1 atom stereocenters. The van der Waals surface area contributed by atoms with Crippen molar-refractivity contribution in [3.63, 3.8) is 0 Å². The fraction of sp³-hybridized carbons (Fsp3) is 0.667. The van der Waals surface area contributed by atoms with Crippen molar-refractivity contribution in [1.29, 1.82) is 0 Å². The molecule has 1 saturated carbocycles. The van der Waals surface area contributed by atoms with Gasteiger partial charge in [-0.2, -0.15) is 13.2 Å². The third-order valence-corrected chi connectivity index (χ3v) is 4.20. The van der Waals surface area contributed by atoms with E-state index in [2.05, 4.69) is 5.32 Å². The second-order valence-corrected chi connectivity index (χ2v) is 5.94. The molecular formula is C12H16F3NS. The summed E-state index contributed by atoms with van der Waals surface area (Å²) in [6.45, 7) is 3.90. The monoisotopic (exact) mass is 263 g/mol. The van der Waals surface area contributed by atoms with E-state index in [1.165, 1.54) is 11.3 Å². The maximum Gasteiger partial charge on any atom is 0.406 e. The molecule has 0 saturated heterocycles. The van der Waals surface area contributed by atoms with E-state index in [-0.39, 0.29) is 24.8 Å². The molecule has 2 rings (SSSR count). The minimum atomic E-state index is -4.14. The summed E-state index contributed by atoms with van der Waals surface area (Å²) in [5, 5.41) is 4.73. The molecule has 1 aliphatic carbocycles. The second kappa shape index (κ2) is 4.28. The van der Waals surface area contributed by atoms with Crippen molar-refractivity contribution >= 4 is 11.3 Å². The Morgan fingerprint density at radius 3 is 2.35 bits per heavy atom. The molecule has 0 radical (unpaired) electrons. The molecule has 1 nitrogen and oxygen atoms in total. The molecule has 1 aromatic rings. The van der Waals surface area contributed by atoms with Crippen LogP contribution in [0, 0.1) is 5.92 Å². The third-order valence-electron chi connectivity index (χ3n) is 3.24. The van der Waals surface area contributed by atoms with Crippen LogP contribution in [0.4, 0.5) is 13.2 Å². The third kappa shape index (κ3) is 2.50. The standard InChI is InChI=1S/C12H16F3NS/c1-8(2)10(9-4-3-7-17-9)16-11(5-6-11)12(13,14)15/h3-4,7-8,10,16H,5-6H2,1-2H3. The largest absolute Gasteiger partial charge is 0.406 e. The molecule has 0 spiro atoms. The Labute approximate surface area is 103 Å². The first-order chi connectivity index (χ1) is 7.86. The van der Waals surface area contributed by atoms with Crippen LogP contribution >= 0.6 is 11.3 Å². The quantitative estimate of drug-likeness (QED) is 0.861. The average molecular weight is 263 g/mol. The van der Waals surface area contributed by atoms with Gasteiger partial charge in [0.2, 0.25) is 0 Å². The predicted octanol–water partition coefficient (Wildman–Crippen LogP) is 4.13. The minimum absolute atomic E-state index is 0.147. The Bertz CT molecular complexity index is 366. The Hall–Kier alpha value is -0.550. The first-order valence-corrected chi connectivity index (χ1v) is 6.61. The van der Waals surface area contributed by atoms with E-state index in [1.807, 2.05) is 31.4 Å². The van der Waals surface area contributed by atoms with Gasteiger partial charge >= 0.3 is 6.18 Å². The van der Waals surface area contributed by atoms with Gasteiger partial charge in [-0.3, -0.25) is 5.32 Å². The molecular weight excluding hydrogens is 247 g/mol. The maximum atomic E-state index is 12.9. The maximum absolute atomic E-state index is 12.9. The molecule has 1 aromatic heterocycles. The van der Waals surface area contributed by atoms with Crippen molar-refractivity contribution in [1.82, 2.24) is 5.32 Å². The highest BCUT2D eigenvalue weighted by Crippen LogP contribution is 2.51. The molecule has 17 heavy (non-hydrogen) atoms. The SMILES string of the molecule is CC(C)C(NC1(C(F)(F)F)CC1)c1cccs1. The zero-order chi connectivity index (χ0) is 12.7. The summed E-state index contributed by atoms with van der Waals surface area (Å²) in [5.74, 6) is 0.147. The van der Waals surface area contributed by atoms with Crippen LogP contribution in [0.15, 0.2) is 17.5 Å². The molecule has 96 valence electrons. The molecule has 1 N–H and O–H groups in total. The Kier molecular flexibility index (Phi) is 3.25. The van der Waals surface area contributed by atoms with Crippen molar-refractivity contribution in [3.8, 4) is 0 Å². The molecule has 5 heteroatoms. The van der Waals surface area contributed by atoms with Crippen LogP contribution in [0.3, 0.4) is 0 Å². The number of halogens is 3. The number of hydrogen-bond acceptors (Lipinski definition) is 2. The smallest absolute Gasteiger partial charge is 0.296 e. The van der Waals surface area contributed by atoms with Gasteiger partial charge < -0.3 is 0 Å². The van der Waals surface area contributed by atoms with Crippen LogP contribution in [-0.4, -0.2) is 11.7 Å². The topological polar surface area (TPSA) is 12.0 Å². The lowest BCUT2D eigenvalue weighted by molar-refractivity contribution is -0.168. The lowest BCUT2D eigenvalue weighted by Gasteiger charge is -2.29. The highest BCUT2D eigenvalue weighted by molar-refractivity contribution is 7.10. The molecule has 0 aliphatic heterocycles. The van der Waals surface area contributed by atoms with Crippen molar-refractivity contribution in [2.24, 2.45) is 5.92 Å². The van der Waals surface area contributed by atoms with Gasteiger partial charge in [0.25, 0.3) is 0 Å². The summed E-state index contributed by atoms with van der Waals surface area (Å²) in [6, 6.07) is 3.57. The number of nitrogens with one attached hydrogen (secondary N) is 1. The van der Waals surface area contributed by atoms with Crippen molar-refractivity contribution in [2.45, 2.75) is 44.4 Å². The zero-order valence-electron chi connectivity index (χ0n) is 9.84. The van der Waals surface area contributed by atoms with Crippen molar-refractivity contribution in [3.05, 3.63) is 22.4 Å². The molecule has 1 aliphatic rings. The van der Waals surface area contributed by atoms with E-state index in [0.29, 0.717) is 0 Å². The normalized spacial score (nSPS) is 20.6. The number of hydrogen-bond donors (Lipinski definition) is 1. The van der Waals surface area contributed by atoms with E-state index in [1.54, 1.807) is 0 Å². The molecule has 1 unspecified atom stereocenters. The van der Waals surface area contributed by atoms with E-state index >= 15 is 0 Å². The van der Waals surface area contributed by atoms with Gasteiger partial charge in [0.15, 0.2) is 0 Å². The summed E-state index contributed by atoms with van der Waals surface area (Å²) >= 11 is 1.51. The van der Waals surface area contributed by atoms with E-state index in [9.17, 15) is 13.2 Å². The van der Waals surface area contributed by atoms with E-state index < -0.39 is 11.7 Å². The van der Waals surface area contributed by atoms with Gasteiger partial charge in [-0.1, -0.05) is 19.9 Å². The molecule has 1 heterocycles. The van der Waals surface area contributed by atoms with Gasteiger partial charge in [0.1, 0.15) is 5.54 Å². The fourth-order valence-electron chi connectivity index (χ4n) is 1.97. The van der Waals surface area contributed by atoms with Crippen LogP contribution in [-0.2, 0) is 0 Å². The van der Waals surface area contributed by atoms with Crippen molar-refractivity contribution < 1.29 is 13.2 Å². The van der Waals surface area contributed by atoms with Gasteiger partial charge in [-0.05, 0) is 30.2 Å². The van der Waals surface area contributed by atoms with Gasteiger partial charge in [0, 0.05) is 10.9 Å². The summed E-state index contributed by atoms with van der Waals surface area (Å²) in [5.41, 5.74) is -1.63. The lowest BCUT2D eigenvalue weighted by Crippen LogP contribution is -2.47. The molecule has 1 fully saturated rings. The summed E-state index contributed by atoms with van der Waals surface area (Å²) in [7, 11) is 0. The summed E-state index contributed by atoms with van der Waals surface area (Å²) < 4.78 is 38.7. The van der Waals surface area contributed by atoms with Crippen LogP contribution in [0.1, 0.15) is 37.6 Å². The fourth-order valence-corrected chi connectivity index (χ4v) is 2.92. The van der Waals surface area contributed by atoms with Crippen LogP contribution < -0.4 is 5.32 Å². The van der Waals surface area contributed by atoms with Gasteiger partial charge in [-0.15, -0.1) is 11.3 Å². The van der Waals surface area contributed by atoms with Crippen LogP contribution in [0.25, 0.3) is 0 Å². The number of thiophene rings is 1.